The van der Waals surface area contributed by atoms with E-state index in [1.165, 1.54) is 25.6 Å². The Balaban J connectivity index is 1.65. The Labute approximate surface area is 123 Å². The minimum atomic E-state index is -1.01. The molecule has 1 saturated carbocycles. The SMILES string of the molecule is O=C(O)c1cc(N2CCN(CC3CC3)CC2)ncc1Cl. The summed E-state index contributed by atoms with van der Waals surface area (Å²) in [6.45, 7) is 5.02. The Bertz CT molecular complexity index is 511. The van der Waals surface area contributed by atoms with E-state index in [1.807, 2.05) is 0 Å². The Morgan fingerprint density at radius 3 is 2.65 bits per heavy atom. The molecule has 5 nitrogen and oxygen atoms in total. The number of piperazine rings is 1. The van der Waals surface area contributed by atoms with Gasteiger partial charge in [0, 0.05) is 38.9 Å². The molecule has 108 valence electrons. The first-order chi connectivity index (χ1) is 9.63. The molecule has 0 radical (unpaired) electrons. The zero-order chi connectivity index (χ0) is 14.1. The van der Waals surface area contributed by atoms with Crippen LogP contribution in [0, 0.1) is 5.92 Å². The van der Waals surface area contributed by atoms with Crippen LogP contribution in [0.5, 0.6) is 0 Å². The van der Waals surface area contributed by atoms with Crippen molar-refractivity contribution in [3.63, 3.8) is 0 Å². The molecule has 0 aromatic carbocycles. The van der Waals surface area contributed by atoms with Crippen molar-refractivity contribution >= 4 is 23.4 Å². The summed E-state index contributed by atoms with van der Waals surface area (Å²) in [4.78, 5) is 20.0. The maximum absolute atomic E-state index is 11.1. The van der Waals surface area contributed by atoms with Gasteiger partial charge in [0.1, 0.15) is 5.82 Å². The van der Waals surface area contributed by atoms with Crippen molar-refractivity contribution in [3.8, 4) is 0 Å². The molecule has 1 aliphatic heterocycles. The molecule has 6 heteroatoms. The third-order valence-corrected chi connectivity index (χ3v) is 4.28. The van der Waals surface area contributed by atoms with E-state index in [4.69, 9.17) is 16.7 Å². The summed E-state index contributed by atoms with van der Waals surface area (Å²) in [5, 5.41) is 9.29. The van der Waals surface area contributed by atoms with E-state index in [9.17, 15) is 4.79 Å². The van der Waals surface area contributed by atoms with Crippen molar-refractivity contribution in [2.45, 2.75) is 12.8 Å². The predicted octanol–water partition coefficient (Wildman–Crippen LogP) is 1.97. The summed E-state index contributed by atoms with van der Waals surface area (Å²) in [6.07, 6.45) is 4.18. The van der Waals surface area contributed by atoms with Crippen molar-refractivity contribution in [1.82, 2.24) is 9.88 Å². The van der Waals surface area contributed by atoms with Crippen LogP contribution in [0.3, 0.4) is 0 Å². The second-order valence-electron chi connectivity index (χ2n) is 5.56. The van der Waals surface area contributed by atoms with Crippen LogP contribution in [0.2, 0.25) is 5.02 Å². The van der Waals surface area contributed by atoms with Crippen LogP contribution >= 0.6 is 11.6 Å². The smallest absolute Gasteiger partial charge is 0.337 e. The van der Waals surface area contributed by atoms with Crippen LogP contribution in [-0.4, -0.2) is 53.7 Å². The van der Waals surface area contributed by atoms with Gasteiger partial charge in [-0.1, -0.05) is 11.6 Å². The van der Waals surface area contributed by atoms with E-state index in [2.05, 4.69) is 14.8 Å². The Morgan fingerprint density at radius 1 is 1.35 bits per heavy atom. The van der Waals surface area contributed by atoms with Crippen molar-refractivity contribution in [2.24, 2.45) is 5.92 Å². The van der Waals surface area contributed by atoms with Gasteiger partial charge in [0.15, 0.2) is 0 Å². The number of halogens is 1. The average Bonchev–Trinajstić information content (AvgIpc) is 3.24. The molecule has 2 fully saturated rings. The first-order valence-electron chi connectivity index (χ1n) is 6.99. The first kappa shape index (κ1) is 13.6. The zero-order valence-corrected chi connectivity index (χ0v) is 12.0. The number of aromatic carboxylic acids is 1. The lowest BCUT2D eigenvalue weighted by Crippen LogP contribution is -2.47. The predicted molar refractivity (Wildman–Crippen MR) is 77.6 cm³/mol. The molecule has 2 aliphatic rings. The van der Waals surface area contributed by atoms with E-state index in [-0.39, 0.29) is 10.6 Å². The number of hydrogen-bond acceptors (Lipinski definition) is 4. The molecular weight excluding hydrogens is 278 g/mol. The standard InChI is InChI=1S/C14H18ClN3O2/c15-12-8-16-13(7-11(12)14(19)20)18-5-3-17(4-6-18)9-10-1-2-10/h7-8,10H,1-6,9H2,(H,19,20). The monoisotopic (exact) mass is 295 g/mol. The van der Waals surface area contributed by atoms with Crippen molar-refractivity contribution < 1.29 is 9.90 Å². The summed E-state index contributed by atoms with van der Waals surface area (Å²) in [5.74, 6) is 0.609. The van der Waals surface area contributed by atoms with E-state index < -0.39 is 5.97 Å². The molecule has 20 heavy (non-hydrogen) atoms. The quantitative estimate of drug-likeness (QED) is 0.920. The van der Waals surface area contributed by atoms with Gasteiger partial charge < -0.3 is 10.0 Å². The lowest BCUT2D eigenvalue weighted by atomic mass is 10.2. The van der Waals surface area contributed by atoms with Crippen molar-refractivity contribution in [3.05, 3.63) is 22.8 Å². The van der Waals surface area contributed by atoms with Gasteiger partial charge in [-0.05, 0) is 24.8 Å². The van der Waals surface area contributed by atoms with Crippen molar-refractivity contribution in [1.29, 1.82) is 0 Å². The normalized spacial score (nSPS) is 20.1. The van der Waals surface area contributed by atoms with Crippen LogP contribution in [0.1, 0.15) is 23.2 Å². The fourth-order valence-corrected chi connectivity index (χ4v) is 2.77. The fourth-order valence-electron chi connectivity index (χ4n) is 2.59. The molecule has 1 N–H and O–H groups in total. The molecule has 1 aliphatic carbocycles. The maximum atomic E-state index is 11.1. The minimum Gasteiger partial charge on any atom is -0.478 e. The fraction of sp³-hybridized carbons (Fsp3) is 0.571. The van der Waals surface area contributed by atoms with Gasteiger partial charge in [0.05, 0.1) is 10.6 Å². The summed E-state index contributed by atoms with van der Waals surface area (Å²) in [7, 11) is 0. The Hall–Kier alpha value is -1.33. The minimum absolute atomic E-state index is 0.122. The van der Waals surface area contributed by atoms with Crippen LogP contribution in [-0.2, 0) is 0 Å². The third kappa shape index (κ3) is 3.04. The zero-order valence-electron chi connectivity index (χ0n) is 11.3. The number of rotatable bonds is 4. The maximum Gasteiger partial charge on any atom is 0.337 e. The number of aromatic nitrogens is 1. The first-order valence-corrected chi connectivity index (χ1v) is 7.37. The summed E-state index contributed by atoms with van der Waals surface area (Å²) >= 11 is 5.85. The highest BCUT2D eigenvalue weighted by Crippen LogP contribution is 2.30. The highest BCUT2D eigenvalue weighted by Gasteiger charge is 2.27. The molecular formula is C14H18ClN3O2. The highest BCUT2D eigenvalue weighted by atomic mass is 35.5. The van der Waals surface area contributed by atoms with Crippen LogP contribution in [0.25, 0.3) is 0 Å². The van der Waals surface area contributed by atoms with Crippen molar-refractivity contribution in [2.75, 3.05) is 37.6 Å². The lowest BCUT2D eigenvalue weighted by molar-refractivity contribution is 0.0697. The summed E-state index contributed by atoms with van der Waals surface area (Å²) < 4.78 is 0. The summed E-state index contributed by atoms with van der Waals surface area (Å²) in [5.41, 5.74) is 0.122. The number of carboxylic acid groups (broad SMARTS) is 1. The van der Waals surface area contributed by atoms with Crippen LogP contribution in [0.4, 0.5) is 5.82 Å². The van der Waals surface area contributed by atoms with Gasteiger partial charge in [-0.15, -0.1) is 0 Å². The molecule has 0 spiro atoms. The van der Waals surface area contributed by atoms with E-state index in [0.717, 1.165) is 32.1 Å². The van der Waals surface area contributed by atoms with Gasteiger partial charge in [0.25, 0.3) is 0 Å². The van der Waals surface area contributed by atoms with E-state index in [0.29, 0.717) is 5.82 Å². The summed E-state index contributed by atoms with van der Waals surface area (Å²) in [6, 6.07) is 1.57. The van der Waals surface area contributed by atoms with Crippen LogP contribution < -0.4 is 4.90 Å². The highest BCUT2D eigenvalue weighted by molar-refractivity contribution is 6.33. The van der Waals surface area contributed by atoms with E-state index >= 15 is 0 Å². The number of pyridine rings is 1. The molecule has 1 aromatic rings. The molecule has 0 unspecified atom stereocenters. The molecule has 3 rings (SSSR count). The van der Waals surface area contributed by atoms with Gasteiger partial charge >= 0.3 is 5.97 Å². The van der Waals surface area contributed by atoms with Gasteiger partial charge in [-0.25, -0.2) is 9.78 Å². The number of carboxylic acids is 1. The van der Waals surface area contributed by atoms with Gasteiger partial charge in [-0.3, -0.25) is 4.90 Å². The molecule has 1 saturated heterocycles. The lowest BCUT2D eigenvalue weighted by Gasteiger charge is -2.35. The largest absolute Gasteiger partial charge is 0.478 e. The third-order valence-electron chi connectivity index (χ3n) is 3.98. The number of carbonyl (C=O) groups is 1. The Morgan fingerprint density at radius 2 is 2.05 bits per heavy atom. The molecule has 2 heterocycles. The van der Waals surface area contributed by atoms with E-state index in [1.54, 1.807) is 6.07 Å². The molecule has 1 aromatic heterocycles. The number of anilines is 1. The molecule has 0 atom stereocenters. The second-order valence-corrected chi connectivity index (χ2v) is 5.97. The van der Waals surface area contributed by atoms with Crippen LogP contribution in [0.15, 0.2) is 12.3 Å². The average molecular weight is 296 g/mol. The topological polar surface area (TPSA) is 56.7 Å². The number of nitrogens with zero attached hydrogens (tertiary/aromatic N) is 3. The molecule has 0 amide bonds. The number of hydrogen-bond donors (Lipinski definition) is 1. The van der Waals surface area contributed by atoms with Gasteiger partial charge in [-0.2, -0.15) is 0 Å². The Kier molecular flexibility index (Phi) is 3.81. The molecule has 0 bridgehead atoms. The second kappa shape index (κ2) is 5.58. The van der Waals surface area contributed by atoms with Gasteiger partial charge in [0.2, 0.25) is 0 Å².